The van der Waals surface area contributed by atoms with Gasteiger partial charge in [-0.05, 0) is 36.8 Å². The van der Waals surface area contributed by atoms with Crippen LogP contribution in [0.25, 0.3) is 0 Å². The summed E-state index contributed by atoms with van der Waals surface area (Å²) in [5, 5.41) is 2.60. The van der Waals surface area contributed by atoms with Crippen LogP contribution in [0.2, 0.25) is 0 Å². The van der Waals surface area contributed by atoms with Gasteiger partial charge in [0.1, 0.15) is 0 Å². The second kappa shape index (κ2) is 8.82. The van der Waals surface area contributed by atoms with Crippen LogP contribution in [-0.4, -0.2) is 36.9 Å². The first-order valence-electron chi connectivity index (χ1n) is 7.98. The Hall–Kier alpha value is -2.89. The highest BCUT2D eigenvalue weighted by Gasteiger charge is 2.15. The Kier molecular flexibility index (Phi) is 6.51. The topological polar surface area (TPSA) is 58.6 Å². The van der Waals surface area contributed by atoms with Crippen molar-refractivity contribution in [3.05, 3.63) is 65.5 Å². The van der Waals surface area contributed by atoms with Gasteiger partial charge in [-0.15, -0.1) is 0 Å². The molecule has 0 aromatic heterocycles. The molecule has 0 aliphatic carbocycles. The maximum atomic E-state index is 13.8. The fourth-order valence-corrected chi connectivity index (χ4v) is 2.36. The molecule has 0 radical (unpaired) electrons. The Labute approximate surface area is 146 Å². The van der Waals surface area contributed by atoms with Gasteiger partial charge in [-0.1, -0.05) is 24.3 Å². The van der Waals surface area contributed by atoms with Gasteiger partial charge in [0.25, 0.3) is 5.91 Å². The van der Waals surface area contributed by atoms with Crippen molar-refractivity contribution in [1.29, 1.82) is 0 Å². The lowest BCUT2D eigenvalue weighted by Crippen LogP contribution is -2.39. The summed E-state index contributed by atoms with van der Waals surface area (Å²) in [5.74, 6) is -0.849. The number of carbonyl (C=O) groups is 2. The fourth-order valence-electron chi connectivity index (χ4n) is 2.36. The smallest absolute Gasteiger partial charge is 0.251 e. The van der Waals surface area contributed by atoms with Gasteiger partial charge >= 0.3 is 0 Å². The molecule has 0 unspecified atom stereocenters. The first kappa shape index (κ1) is 18.4. The average molecular weight is 344 g/mol. The fraction of sp³-hybridized carbons (Fsp3) is 0.263. The number of hydrogen-bond donors (Lipinski definition) is 1. The molecule has 0 aliphatic heterocycles. The van der Waals surface area contributed by atoms with Crippen LogP contribution in [-0.2, 0) is 11.3 Å². The molecule has 0 bridgehead atoms. The van der Waals surface area contributed by atoms with E-state index >= 15 is 0 Å². The van der Waals surface area contributed by atoms with E-state index in [1.807, 2.05) is 13.0 Å². The molecule has 0 spiro atoms. The summed E-state index contributed by atoms with van der Waals surface area (Å²) < 4.78 is 18.6. The van der Waals surface area contributed by atoms with Gasteiger partial charge in [-0.2, -0.15) is 0 Å². The number of ether oxygens (including phenoxy) is 1. The molecule has 0 fully saturated rings. The molecule has 6 heteroatoms. The molecular weight excluding hydrogens is 323 g/mol. The third-order valence-electron chi connectivity index (χ3n) is 3.76. The van der Waals surface area contributed by atoms with Gasteiger partial charge in [-0.25, -0.2) is 4.39 Å². The number of likely N-dealkylation sites (N-methyl/N-ethyl adjacent to an activating group) is 1. The summed E-state index contributed by atoms with van der Waals surface area (Å²) in [7, 11) is 1.40. The molecule has 2 amide bonds. The molecule has 1 N–H and O–H groups in total. The summed E-state index contributed by atoms with van der Waals surface area (Å²) in [6.45, 7) is 2.43. The molecule has 5 nitrogen and oxygen atoms in total. The van der Waals surface area contributed by atoms with E-state index in [-0.39, 0.29) is 30.7 Å². The quantitative estimate of drug-likeness (QED) is 0.840. The number of rotatable bonds is 7. The first-order chi connectivity index (χ1) is 12.0. The maximum absolute atomic E-state index is 13.8. The normalized spacial score (nSPS) is 10.2. The predicted octanol–water partition coefficient (Wildman–Crippen LogP) is 2.61. The molecule has 0 heterocycles. The lowest BCUT2D eigenvalue weighted by atomic mass is 10.2. The van der Waals surface area contributed by atoms with Crippen molar-refractivity contribution in [2.45, 2.75) is 13.5 Å². The first-order valence-corrected chi connectivity index (χ1v) is 7.98. The molecule has 2 rings (SSSR count). The summed E-state index contributed by atoms with van der Waals surface area (Å²) in [6, 6.07) is 13.3. The molecule has 0 saturated carbocycles. The van der Waals surface area contributed by atoms with E-state index < -0.39 is 5.82 Å². The van der Waals surface area contributed by atoms with E-state index in [1.54, 1.807) is 35.2 Å². The molecular formula is C19H21FN2O3. The highest BCUT2D eigenvalue weighted by molar-refractivity contribution is 5.96. The zero-order chi connectivity index (χ0) is 18.2. The summed E-state index contributed by atoms with van der Waals surface area (Å²) in [5.41, 5.74) is 1.15. The minimum atomic E-state index is -0.471. The van der Waals surface area contributed by atoms with Gasteiger partial charge in [0.2, 0.25) is 5.91 Å². The minimum Gasteiger partial charge on any atom is -0.494 e. The molecule has 132 valence electrons. The van der Waals surface area contributed by atoms with Crippen LogP contribution < -0.4 is 10.1 Å². The van der Waals surface area contributed by atoms with Gasteiger partial charge in [0.15, 0.2) is 11.6 Å². The van der Waals surface area contributed by atoms with E-state index in [1.165, 1.54) is 19.2 Å². The van der Waals surface area contributed by atoms with Crippen molar-refractivity contribution >= 4 is 11.8 Å². The summed E-state index contributed by atoms with van der Waals surface area (Å²) in [4.78, 5) is 25.9. The van der Waals surface area contributed by atoms with Crippen LogP contribution in [0.15, 0.2) is 48.5 Å². The lowest BCUT2D eigenvalue weighted by molar-refractivity contribution is -0.130. The van der Waals surface area contributed by atoms with Crippen molar-refractivity contribution in [2.24, 2.45) is 0 Å². The highest BCUT2D eigenvalue weighted by Crippen LogP contribution is 2.18. The van der Waals surface area contributed by atoms with Gasteiger partial charge in [0, 0.05) is 18.7 Å². The van der Waals surface area contributed by atoms with E-state index in [0.29, 0.717) is 17.7 Å². The molecule has 0 atom stereocenters. The van der Waals surface area contributed by atoms with Crippen molar-refractivity contribution in [1.82, 2.24) is 10.2 Å². The van der Waals surface area contributed by atoms with Crippen molar-refractivity contribution in [2.75, 3.05) is 20.2 Å². The van der Waals surface area contributed by atoms with Gasteiger partial charge in [-0.3, -0.25) is 9.59 Å². The van der Waals surface area contributed by atoms with Crippen molar-refractivity contribution < 1.29 is 18.7 Å². The SMILES string of the molecule is CCN(Cc1ccc(OC)c(F)c1)C(=O)CNC(=O)c1ccccc1. The molecule has 2 aromatic rings. The molecule has 0 aliphatic rings. The molecule has 0 saturated heterocycles. The third kappa shape index (κ3) is 5.04. The summed E-state index contributed by atoms with van der Waals surface area (Å²) in [6.07, 6.45) is 0. The maximum Gasteiger partial charge on any atom is 0.251 e. The summed E-state index contributed by atoms with van der Waals surface area (Å²) >= 11 is 0. The third-order valence-corrected chi connectivity index (χ3v) is 3.76. The number of nitrogens with zero attached hydrogens (tertiary/aromatic N) is 1. The van der Waals surface area contributed by atoms with E-state index in [9.17, 15) is 14.0 Å². The number of methoxy groups -OCH3 is 1. The van der Waals surface area contributed by atoms with Gasteiger partial charge < -0.3 is 15.0 Å². The monoisotopic (exact) mass is 344 g/mol. The van der Waals surface area contributed by atoms with E-state index in [2.05, 4.69) is 5.32 Å². The average Bonchev–Trinajstić information content (AvgIpc) is 2.64. The van der Waals surface area contributed by atoms with E-state index in [0.717, 1.165) is 0 Å². The Morgan fingerprint density at radius 2 is 1.88 bits per heavy atom. The van der Waals surface area contributed by atoms with Gasteiger partial charge in [0.05, 0.1) is 13.7 Å². The van der Waals surface area contributed by atoms with Crippen LogP contribution in [0.1, 0.15) is 22.8 Å². The second-order valence-electron chi connectivity index (χ2n) is 5.43. The van der Waals surface area contributed by atoms with Crippen LogP contribution >= 0.6 is 0 Å². The van der Waals surface area contributed by atoms with Crippen molar-refractivity contribution in [3.63, 3.8) is 0 Å². The van der Waals surface area contributed by atoms with Crippen LogP contribution in [0.5, 0.6) is 5.75 Å². The predicted molar refractivity (Wildman–Crippen MR) is 92.8 cm³/mol. The van der Waals surface area contributed by atoms with Crippen LogP contribution in [0, 0.1) is 5.82 Å². The van der Waals surface area contributed by atoms with Crippen molar-refractivity contribution in [3.8, 4) is 5.75 Å². The lowest BCUT2D eigenvalue weighted by Gasteiger charge is -2.21. The zero-order valence-corrected chi connectivity index (χ0v) is 14.3. The standard InChI is InChI=1S/C19H21FN2O3/c1-3-22(13-14-9-10-17(25-2)16(20)11-14)18(23)12-21-19(24)15-7-5-4-6-8-15/h4-11H,3,12-13H2,1-2H3,(H,21,24). The Bertz CT molecular complexity index is 735. The van der Waals surface area contributed by atoms with Crippen LogP contribution in [0.4, 0.5) is 4.39 Å². The number of hydrogen-bond acceptors (Lipinski definition) is 3. The number of halogens is 1. The molecule has 2 aromatic carbocycles. The highest BCUT2D eigenvalue weighted by atomic mass is 19.1. The Morgan fingerprint density at radius 1 is 1.16 bits per heavy atom. The van der Waals surface area contributed by atoms with E-state index in [4.69, 9.17) is 4.74 Å². The van der Waals surface area contributed by atoms with Crippen LogP contribution in [0.3, 0.4) is 0 Å². The number of benzene rings is 2. The Balaban J connectivity index is 1.94. The minimum absolute atomic E-state index is 0.111. The number of carbonyl (C=O) groups excluding carboxylic acids is 2. The second-order valence-corrected chi connectivity index (χ2v) is 5.43. The number of nitrogens with one attached hydrogen (secondary N) is 1. The number of amides is 2. The Morgan fingerprint density at radius 3 is 2.48 bits per heavy atom. The molecule has 25 heavy (non-hydrogen) atoms. The largest absolute Gasteiger partial charge is 0.494 e. The zero-order valence-electron chi connectivity index (χ0n) is 14.3.